The number of hydrogen-bond acceptors (Lipinski definition) is 1. The van der Waals surface area contributed by atoms with Crippen molar-refractivity contribution < 1.29 is 9.90 Å². The molecule has 15 heavy (non-hydrogen) atoms. The standard InChI is InChI=1S/C13H24O2/c1-2-3-4-5-6-7-11-10-12(11)8-9-13(14)15/h11-12H,2-10H2,1H3,(H,14,15)/t11-,12-/m0/s1. The first-order chi connectivity index (χ1) is 7.24. The summed E-state index contributed by atoms with van der Waals surface area (Å²) in [7, 11) is 0. The maximum Gasteiger partial charge on any atom is 0.303 e. The zero-order valence-electron chi connectivity index (χ0n) is 9.87. The highest BCUT2D eigenvalue weighted by atomic mass is 16.4. The average Bonchev–Trinajstić information content (AvgIpc) is 2.93. The van der Waals surface area contributed by atoms with E-state index in [-0.39, 0.29) is 0 Å². The molecule has 0 spiro atoms. The van der Waals surface area contributed by atoms with E-state index in [0.717, 1.165) is 18.3 Å². The second-order valence-electron chi connectivity index (χ2n) is 4.89. The van der Waals surface area contributed by atoms with Crippen molar-refractivity contribution in [3.8, 4) is 0 Å². The Morgan fingerprint density at radius 1 is 1.13 bits per heavy atom. The van der Waals surface area contributed by atoms with Crippen molar-refractivity contribution >= 4 is 5.97 Å². The smallest absolute Gasteiger partial charge is 0.303 e. The third-order valence-electron chi connectivity index (χ3n) is 3.48. The predicted octanol–water partition coefficient (Wildman–Crippen LogP) is 3.85. The second-order valence-corrected chi connectivity index (χ2v) is 4.89. The molecule has 0 aliphatic heterocycles. The molecule has 1 rings (SSSR count). The van der Waals surface area contributed by atoms with Gasteiger partial charge in [-0.05, 0) is 24.7 Å². The number of hydrogen-bond donors (Lipinski definition) is 1. The first-order valence-corrected chi connectivity index (χ1v) is 6.45. The van der Waals surface area contributed by atoms with Crippen LogP contribution in [-0.2, 0) is 4.79 Å². The molecule has 1 aliphatic rings. The molecule has 0 radical (unpaired) electrons. The number of aliphatic carboxylic acids is 1. The molecular weight excluding hydrogens is 188 g/mol. The summed E-state index contributed by atoms with van der Waals surface area (Å²) >= 11 is 0. The first-order valence-electron chi connectivity index (χ1n) is 6.45. The summed E-state index contributed by atoms with van der Waals surface area (Å²) in [5.74, 6) is 0.974. The maximum atomic E-state index is 10.4. The molecule has 1 saturated carbocycles. The van der Waals surface area contributed by atoms with Crippen molar-refractivity contribution in [1.29, 1.82) is 0 Å². The summed E-state index contributed by atoms with van der Waals surface area (Å²) in [5.41, 5.74) is 0. The van der Waals surface area contributed by atoms with Crippen molar-refractivity contribution in [2.45, 2.75) is 64.7 Å². The Balaban J connectivity index is 1.86. The first kappa shape index (κ1) is 12.5. The summed E-state index contributed by atoms with van der Waals surface area (Å²) in [6.07, 6.45) is 10.7. The lowest BCUT2D eigenvalue weighted by molar-refractivity contribution is -0.137. The van der Waals surface area contributed by atoms with Gasteiger partial charge in [-0.15, -0.1) is 0 Å². The van der Waals surface area contributed by atoms with E-state index in [9.17, 15) is 4.79 Å². The molecule has 2 atom stereocenters. The van der Waals surface area contributed by atoms with Crippen LogP contribution >= 0.6 is 0 Å². The van der Waals surface area contributed by atoms with E-state index in [1.807, 2.05) is 0 Å². The fourth-order valence-electron chi connectivity index (χ4n) is 2.34. The molecule has 1 aliphatic carbocycles. The molecule has 0 bridgehead atoms. The van der Waals surface area contributed by atoms with Crippen LogP contribution in [0.15, 0.2) is 0 Å². The molecular formula is C13H24O2. The molecule has 0 aromatic rings. The molecule has 2 heteroatoms. The normalized spacial score (nSPS) is 24.1. The lowest BCUT2D eigenvalue weighted by atomic mass is 10.1. The van der Waals surface area contributed by atoms with Gasteiger partial charge < -0.3 is 5.11 Å². The summed E-state index contributed by atoms with van der Waals surface area (Å²) in [6, 6.07) is 0. The van der Waals surface area contributed by atoms with E-state index in [2.05, 4.69) is 6.92 Å². The van der Waals surface area contributed by atoms with Gasteiger partial charge in [0.2, 0.25) is 0 Å². The quantitative estimate of drug-likeness (QED) is 0.589. The molecule has 0 amide bonds. The van der Waals surface area contributed by atoms with Gasteiger partial charge in [0.1, 0.15) is 0 Å². The van der Waals surface area contributed by atoms with Crippen LogP contribution in [0, 0.1) is 11.8 Å². The Morgan fingerprint density at radius 2 is 1.80 bits per heavy atom. The van der Waals surface area contributed by atoms with Crippen molar-refractivity contribution in [1.82, 2.24) is 0 Å². The third kappa shape index (κ3) is 5.81. The van der Waals surface area contributed by atoms with E-state index < -0.39 is 5.97 Å². The maximum absolute atomic E-state index is 10.4. The van der Waals surface area contributed by atoms with Gasteiger partial charge >= 0.3 is 5.97 Å². The van der Waals surface area contributed by atoms with Crippen molar-refractivity contribution in [3.63, 3.8) is 0 Å². The molecule has 0 saturated heterocycles. The molecule has 1 fully saturated rings. The highest BCUT2D eigenvalue weighted by molar-refractivity contribution is 5.66. The third-order valence-corrected chi connectivity index (χ3v) is 3.48. The van der Waals surface area contributed by atoms with Gasteiger partial charge in [0.25, 0.3) is 0 Å². The highest BCUT2D eigenvalue weighted by Crippen LogP contribution is 2.45. The lowest BCUT2D eigenvalue weighted by Crippen LogP contribution is -1.95. The average molecular weight is 212 g/mol. The zero-order valence-corrected chi connectivity index (χ0v) is 9.87. The lowest BCUT2D eigenvalue weighted by Gasteiger charge is -2.00. The van der Waals surface area contributed by atoms with Crippen LogP contribution in [0.5, 0.6) is 0 Å². The summed E-state index contributed by atoms with van der Waals surface area (Å²) < 4.78 is 0. The van der Waals surface area contributed by atoms with Crippen LogP contribution < -0.4 is 0 Å². The van der Waals surface area contributed by atoms with Gasteiger partial charge in [-0.3, -0.25) is 4.79 Å². The fourth-order valence-corrected chi connectivity index (χ4v) is 2.34. The molecule has 88 valence electrons. The van der Waals surface area contributed by atoms with Crippen LogP contribution in [-0.4, -0.2) is 11.1 Å². The Bertz CT molecular complexity index is 189. The summed E-state index contributed by atoms with van der Waals surface area (Å²) in [6.45, 7) is 2.24. The van der Waals surface area contributed by atoms with Crippen LogP contribution in [0.4, 0.5) is 0 Å². The minimum Gasteiger partial charge on any atom is -0.481 e. The van der Waals surface area contributed by atoms with Crippen molar-refractivity contribution in [3.05, 3.63) is 0 Å². The second kappa shape index (κ2) is 6.86. The van der Waals surface area contributed by atoms with E-state index in [0.29, 0.717) is 6.42 Å². The van der Waals surface area contributed by atoms with Crippen LogP contribution in [0.2, 0.25) is 0 Å². The van der Waals surface area contributed by atoms with Crippen molar-refractivity contribution in [2.75, 3.05) is 0 Å². The van der Waals surface area contributed by atoms with Gasteiger partial charge in [0.15, 0.2) is 0 Å². The number of carbonyl (C=O) groups is 1. The number of carboxylic acids is 1. The molecule has 0 unspecified atom stereocenters. The molecule has 0 heterocycles. The molecule has 1 N–H and O–H groups in total. The topological polar surface area (TPSA) is 37.3 Å². The Kier molecular flexibility index (Phi) is 5.74. The SMILES string of the molecule is CCCCCCC[C@H]1C[C@@H]1CCC(=O)O. The highest BCUT2D eigenvalue weighted by Gasteiger charge is 2.35. The van der Waals surface area contributed by atoms with E-state index in [1.54, 1.807) is 0 Å². The van der Waals surface area contributed by atoms with Gasteiger partial charge in [-0.25, -0.2) is 0 Å². The number of unbranched alkanes of at least 4 members (excludes halogenated alkanes) is 4. The Labute approximate surface area is 93.1 Å². The zero-order chi connectivity index (χ0) is 11.1. The largest absolute Gasteiger partial charge is 0.481 e. The van der Waals surface area contributed by atoms with Gasteiger partial charge in [-0.2, -0.15) is 0 Å². The Hall–Kier alpha value is -0.530. The van der Waals surface area contributed by atoms with Crippen LogP contribution in [0.3, 0.4) is 0 Å². The minimum absolute atomic E-state index is 0.372. The number of rotatable bonds is 9. The summed E-state index contributed by atoms with van der Waals surface area (Å²) in [4.78, 5) is 10.4. The molecule has 0 aromatic heterocycles. The predicted molar refractivity (Wildman–Crippen MR) is 61.8 cm³/mol. The monoisotopic (exact) mass is 212 g/mol. The van der Waals surface area contributed by atoms with Crippen molar-refractivity contribution in [2.24, 2.45) is 11.8 Å². The summed E-state index contributed by atoms with van der Waals surface area (Å²) in [5, 5.41) is 8.55. The Morgan fingerprint density at radius 3 is 2.47 bits per heavy atom. The van der Waals surface area contributed by atoms with Gasteiger partial charge in [0, 0.05) is 6.42 Å². The van der Waals surface area contributed by atoms with E-state index in [4.69, 9.17) is 5.11 Å². The van der Waals surface area contributed by atoms with E-state index >= 15 is 0 Å². The number of carboxylic acid groups (broad SMARTS) is 1. The minimum atomic E-state index is -0.636. The van der Waals surface area contributed by atoms with Gasteiger partial charge in [0.05, 0.1) is 0 Å². The fraction of sp³-hybridized carbons (Fsp3) is 0.923. The van der Waals surface area contributed by atoms with Crippen LogP contribution in [0.1, 0.15) is 64.7 Å². The van der Waals surface area contributed by atoms with Crippen LogP contribution in [0.25, 0.3) is 0 Å². The van der Waals surface area contributed by atoms with Gasteiger partial charge in [-0.1, -0.05) is 45.4 Å². The van der Waals surface area contributed by atoms with E-state index in [1.165, 1.54) is 44.9 Å². The molecule has 0 aromatic carbocycles. The molecule has 2 nitrogen and oxygen atoms in total.